The third kappa shape index (κ3) is 6.46. The molecule has 222 valence electrons. The highest BCUT2D eigenvalue weighted by Gasteiger charge is 2.45. The fraction of sp³-hybridized carbons (Fsp3) is 0.387. The number of aromatic nitrogens is 1. The lowest BCUT2D eigenvalue weighted by atomic mass is 9.93. The summed E-state index contributed by atoms with van der Waals surface area (Å²) in [5, 5.41) is 6.16. The van der Waals surface area contributed by atoms with Crippen LogP contribution in [0.25, 0.3) is 11.1 Å². The minimum atomic E-state index is -1.21. The van der Waals surface area contributed by atoms with E-state index in [9.17, 15) is 19.2 Å². The van der Waals surface area contributed by atoms with Gasteiger partial charge in [0.05, 0.1) is 12.7 Å². The summed E-state index contributed by atoms with van der Waals surface area (Å²) in [7, 11) is 1.27. The summed E-state index contributed by atoms with van der Waals surface area (Å²) < 4.78 is 4.72. The van der Waals surface area contributed by atoms with E-state index in [0.717, 1.165) is 21.6 Å². The van der Waals surface area contributed by atoms with Crippen LogP contribution < -0.4 is 10.6 Å². The normalized spacial score (nSPS) is 14.9. The van der Waals surface area contributed by atoms with Gasteiger partial charge in [-0.25, -0.2) is 4.79 Å². The van der Waals surface area contributed by atoms with Crippen molar-refractivity contribution in [2.24, 2.45) is 0 Å². The molecule has 3 aromatic rings. The number of rotatable bonds is 6. The van der Waals surface area contributed by atoms with Crippen LogP contribution >= 0.6 is 11.3 Å². The average Bonchev–Trinajstić information content (AvgIpc) is 3.36. The van der Waals surface area contributed by atoms with Gasteiger partial charge in [-0.1, -0.05) is 26.8 Å². The number of piperazine rings is 1. The van der Waals surface area contributed by atoms with E-state index in [4.69, 9.17) is 4.74 Å². The maximum Gasteiger partial charge on any atom is 0.325 e. The van der Waals surface area contributed by atoms with Crippen molar-refractivity contribution in [2.45, 2.75) is 52.5 Å². The number of carbonyl (C=O) groups is 4. The Morgan fingerprint density at radius 3 is 2.38 bits per heavy atom. The van der Waals surface area contributed by atoms with E-state index in [2.05, 4.69) is 15.6 Å². The first-order valence-corrected chi connectivity index (χ1v) is 14.5. The van der Waals surface area contributed by atoms with Crippen molar-refractivity contribution >= 4 is 45.8 Å². The molecule has 1 fully saturated rings. The predicted molar refractivity (Wildman–Crippen MR) is 164 cm³/mol. The van der Waals surface area contributed by atoms with Gasteiger partial charge < -0.3 is 19.9 Å². The van der Waals surface area contributed by atoms with Crippen LogP contribution in [0.5, 0.6) is 0 Å². The molecule has 3 heterocycles. The van der Waals surface area contributed by atoms with Crippen LogP contribution in [0, 0.1) is 6.92 Å². The molecule has 42 heavy (non-hydrogen) atoms. The molecule has 4 amide bonds. The quantitative estimate of drug-likeness (QED) is 0.376. The summed E-state index contributed by atoms with van der Waals surface area (Å²) in [4.78, 5) is 60.2. The van der Waals surface area contributed by atoms with E-state index >= 15 is 0 Å². The zero-order valence-corrected chi connectivity index (χ0v) is 25.8. The van der Waals surface area contributed by atoms with Gasteiger partial charge in [0, 0.05) is 36.0 Å². The monoisotopic (exact) mass is 591 g/mol. The minimum absolute atomic E-state index is 0.178. The number of aryl methyl sites for hydroxylation is 1. The molecule has 0 unspecified atom stereocenters. The molecule has 0 bridgehead atoms. The van der Waals surface area contributed by atoms with E-state index in [1.807, 2.05) is 58.0 Å². The van der Waals surface area contributed by atoms with E-state index in [1.165, 1.54) is 28.2 Å². The summed E-state index contributed by atoms with van der Waals surface area (Å²) in [5.74, 6) is -1.25. The standard InChI is InChI=1S/C31H37N5O5S/c1-19-8-9-21(16-22(19)20-10-12-32-13-11-20)33-29(40)34-26-23(17-24(42-26)30(2,3)4)27(38)36-15-14-35(18-25(37)41-7)28(39)31(36,5)6/h8-13,16-17H,14-15,18H2,1-7H3,(H2,33,34,40). The fourth-order valence-corrected chi connectivity index (χ4v) is 5.90. The van der Waals surface area contributed by atoms with Crippen LogP contribution in [0.15, 0.2) is 48.8 Å². The van der Waals surface area contributed by atoms with Crippen LogP contribution in [0.4, 0.5) is 15.5 Å². The Bertz CT molecular complexity index is 1510. The number of esters is 1. The lowest BCUT2D eigenvalue weighted by molar-refractivity contribution is -0.154. The molecule has 0 spiro atoms. The second kappa shape index (κ2) is 11.9. The second-order valence-corrected chi connectivity index (χ2v) is 12.8. The van der Waals surface area contributed by atoms with Crippen molar-refractivity contribution in [3.63, 3.8) is 0 Å². The molecule has 0 radical (unpaired) electrons. The van der Waals surface area contributed by atoms with E-state index in [1.54, 1.807) is 32.3 Å². The number of benzene rings is 1. The maximum atomic E-state index is 14.0. The van der Waals surface area contributed by atoms with Crippen LogP contribution in [0.2, 0.25) is 0 Å². The highest BCUT2D eigenvalue weighted by Crippen LogP contribution is 2.38. The molecule has 1 aliphatic heterocycles. The van der Waals surface area contributed by atoms with Crippen molar-refractivity contribution in [3.8, 4) is 11.1 Å². The van der Waals surface area contributed by atoms with Crippen molar-refractivity contribution < 1.29 is 23.9 Å². The number of ether oxygens (including phenoxy) is 1. The smallest absolute Gasteiger partial charge is 0.325 e. The number of anilines is 2. The van der Waals surface area contributed by atoms with Crippen molar-refractivity contribution in [1.82, 2.24) is 14.8 Å². The van der Waals surface area contributed by atoms with Gasteiger partial charge in [0.15, 0.2) is 0 Å². The summed E-state index contributed by atoms with van der Waals surface area (Å²) in [5.41, 5.74) is 2.42. The Hall–Kier alpha value is -4.25. The van der Waals surface area contributed by atoms with Crippen LogP contribution in [-0.4, -0.2) is 70.9 Å². The Morgan fingerprint density at radius 2 is 1.74 bits per heavy atom. The van der Waals surface area contributed by atoms with Gasteiger partial charge in [-0.3, -0.25) is 24.7 Å². The predicted octanol–water partition coefficient (Wildman–Crippen LogP) is 5.30. The van der Waals surface area contributed by atoms with Gasteiger partial charge in [0.1, 0.15) is 17.1 Å². The topological polar surface area (TPSA) is 121 Å². The number of hydrogen-bond acceptors (Lipinski definition) is 7. The summed E-state index contributed by atoms with van der Waals surface area (Å²) in [6.07, 6.45) is 3.44. The SMILES string of the molecule is COC(=O)CN1CCN(C(=O)c2cc(C(C)(C)C)sc2NC(=O)Nc2ccc(C)c(-c3ccncc3)c2)C(C)(C)C1=O. The molecule has 10 nitrogen and oxygen atoms in total. The van der Waals surface area contributed by atoms with Gasteiger partial charge in [-0.2, -0.15) is 0 Å². The summed E-state index contributed by atoms with van der Waals surface area (Å²) >= 11 is 1.33. The van der Waals surface area contributed by atoms with Gasteiger partial charge in [0.25, 0.3) is 5.91 Å². The third-order valence-corrected chi connectivity index (χ3v) is 8.76. The van der Waals surface area contributed by atoms with E-state index in [-0.39, 0.29) is 36.9 Å². The lowest BCUT2D eigenvalue weighted by Gasteiger charge is -2.45. The number of urea groups is 1. The number of carbonyl (C=O) groups excluding carboxylic acids is 4. The highest BCUT2D eigenvalue weighted by molar-refractivity contribution is 7.16. The van der Waals surface area contributed by atoms with Gasteiger partial charge >= 0.3 is 12.0 Å². The molecule has 1 aliphatic rings. The van der Waals surface area contributed by atoms with Gasteiger partial charge in [0.2, 0.25) is 5.91 Å². The number of methoxy groups -OCH3 is 1. The molecule has 2 N–H and O–H groups in total. The summed E-state index contributed by atoms with van der Waals surface area (Å²) in [6.45, 7) is 11.6. The Balaban J connectivity index is 1.58. The van der Waals surface area contributed by atoms with Crippen LogP contribution in [0.3, 0.4) is 0 Å². The number of thiophene rings is 1. The van der Waals surface area contributed by atoms with Crippen LogP contribution in [-0.2, 0) is 19.7 Å². The molecule has 1 aromatic carbocycles. The largest absolute Gasteiger partial charge is 0.468 e. The number of pyridine rings is 1. The van der Waals surface area contributed by atoms with Crippen molar-refractivity contribution in [1.29, 1.82) is 0 Å². The lowest BCUT2D eigenvalue weighted by Crippen LogP contribution is -2.65. The molecule has 0 aliphatic carbocycles. The third-order valence-electron chi connectivity index (χ3n) is 7.29. The molecule has 2 aromatic heterocycles. The molecular formula is C31H37N5O5S. The molecular weight excluding hydrogens is 554 g/mol. The number of nitrogens with one attached hydrogen (secondary N) is 2. The average molecular weight is 592 g/mol. The second-order valence-electron chi connectivity index (χ2n) is 11.8. The van der Waals surface area contributed by atoms with Crippen LogP contribution in [0.1, 0.15) is 55.4 Å². The van der Waals surface area contributed by atoms with Crippen molar-refractivity contribution in [2.75, 3.05) is 37.4 Å². The van der Waals surface area contributed by atoms with E-state index in [0.29, 0.717) is 16.3 Å². The maximum absolute atomic E-state index is 14.0. The van der Waals surface area contributed by atoms with Crippen molar-refractivity contribution in [3.05, 3.63) is 64.8 Å². The highest BCUT2D eigenvalue weighted by atomic mass is 32.1. The molecule has 11 heteroatoms. The molecule has 4 rings (SSSR count). The number of amides is 4. The first kappa shape index (κ1) is 30.7. The molecule has 0 atom stereocenters. The Kier molecular flexibility index (Phi) is 8.72. The van der Waals surface area contributed by atoms with Gasteiger partial charge in [-0.05, 0) is 73.2 Å². The number of hydrogen-bond donors (Lipinski definition) is 2. The molecule has 1 saturated heterocycles. The first-order chi connectivity index (χ1) is 19.7. The Labute approximate surface area is 250 Å². The number of nitrogens with zero attached hydrogens (tertiary/aromatic N) is 3. The zero-order chi connectivity index (χ0) is 30.8. The minimum Gasteiger partial charge on any atom is -0.468 e. The van der Waals surface area contributed by atoms with Gasteiger partial charge in [-0.15, -0.1) is 11.3 Å². The fourth-order valence-electron chi connectivity index (χ4n) is 4.80. The van der Waals surface area contributed by atoms with E-state index < -0.39 is 17.5 Å². The molecule has 0 saturated carbocycles. The zero-order valence-electron chi connectivity index (χ0n) is 25.0. The Morgan fingerprint density at radius 1 is 1.05 bits per heavy atom. The first-order valence-electron chi connectivity index (χ1n) is 13.6. The summed E-state index contributed by atoms with van der Waals surface area (Å²) in [6, 6.07) is 10.8.